The topological polar surface area (TPSA) is 97.6 Å². The molecule has 0 spiro atoms. The van der Waals surface area contributed by atoms with Crippen molar-refractivity contribution in [3.05, 3.63) is 115 Å². The van der Waals surface area contributed by atoms with Gasteiger partial charge in [-0.2, -0.15) is 0 Å². The lowest BCUT2D eigenvalue weighted by molar-refractivity contribution is -0.136. The number of carbonyl (C=O) groups is 1. The Morgan fingerprint density at radius 2 is 1.60 bits per heavy atom. The van der Waals surface area contributed by atoms with Crippen molar-refractivity contribution in [3.63, 3.8) is 0 Å². The second-order valence-corrected chi connectivity index (χ2v) is 10.8. The van der Waals surface area contributed by atoms with E-state index in [-0.39, 0.29) is 23.6 Å². The van der Waals surface area contributed by atoms with Crippen molar-refractivity contribution in [2.45, 2.75) is 33.4 Å². The van der Waals surface area contributed by atoms with Gasteiger partial charge in [-0.25, -0.2) is 14.2 Å². The summed E-state index contributed by atoms with van der Waals surface area (Å²) in [5, 5.41) is 0. The molecule has 1 aliphatic heterocycles. The number of thiazole rings is 1. The van der Waals surface area contributed by atoms with Gasteiger partial charge in [0, 0.05) is 6.20 Å². The number of rotatable bonds is 12. The lowest BCUT2D eigenvalue weighted by atomic mass is 9.97. The van der Waals surface area contributed by atoms with Crippen LogP contribution in [0, 0.1) is 5.82 Å². The summed E-state index contributed by atoms with van der Waals surface area (Å²) in [5.74, 6) is 1.11. The van der Waals surface area contributed by atoms with Crippen molar-refractivity contribution in [3.8, 4) is 23.0 Å². The van der Waals surface area contributed by atoms with E-state index in [2.05, 4.69) is 4.99 Å². The second-order valence-electron chi connectivity index (χ2n) is 9.81. The predicted octanol–water partition coefficient (Wildman–Crippen LogP) is 4.93. The molecule has 0 amide bonds. The molecule has 0 aliphatic carbocycles. The number of halogens is 1. The van der Waals surface area contributed by atoms with E-state index in [0.717, 1.165) is 0 Å². The van der Waals surface area contributed by atoms with Gasteiger partial charge in [-0.1, -0.05) is 35.6 Å². The van der Waals surface area contributed by atoms with Crippen LogP contribution in [0.2, 0.25) is 0 Å². The van der Waals surface area contributed by atoms with Crippen LogP contribution in [0.3, 0.4) is 0 Å². The molecular formula is C34H33FN2O7S. The minimum absolute atomic E-state index is 0.162. The van der Waals surface area contributed by atoms with Crippen LogP contribution in [0.25, 0.3) is 6.08 Å². The SMILES string of the molecule is CCOc1ccc([C@@H]2C(C(=O)OC)=CN=c3s/c(=C\c4ccc(OCc5cccc(F)c5)c(OCC)c4)c(=O)n32)cc1OCC. The molecule has 0 fully saturated rings. The molecule has 5 rings (SSSR count). The number of aromatic nitrogens is 1. The Kier molecular flexibility index (Phi) is 9.99. The van der Waals surface area contributed by atoms with Crippen LogP contribution in [0.1, 0.15) is 43.5 Å². The Morgan fingerprint density at radius 1 is 0.911 bits per heavy atom. The zero-order valence-electron chi connectivity index (χ0n) is 25.4. The first-order chi connectivity index (χ1) is 21.9. The van der Waals surface area contributed by atoms with Crippen molar-refractivity contribution >= 4 is 23.4 Å². The number of carbonyl (C=O) groups excluding carboxylic acids is 1. The van der Waals surface area contributed by atoms with Crippen molar-refractivity contribution in [2.24, 2.45) is 4.99 Å². The molecular weight excluding hydrogens is 599 g/mol. The molecule has 11 heteroatoms. The molecule has 1 aliphatic rings. The smallest absolute Gasteiger partial charge is 0.337 e. The maximum atomic E-state index is 14.0. The van der Waals surface area contributed by atoms with E-state index >= 15 is 0 Å². The standard InChI is InChI=1S/C34H33FN2O7S/c1-5-41-26-14-12-23(18-29(26)43-7-3)31-25(33(39)40-4)19-36-34-37(31)32(38)30(45-34)17-21-11-13-27(28(16-21)42-6-2)44-20-22-9-8-10-24(35)15-22/h8-19,31H,5-7,20H2,1-4H3/b30-17-/t31-/m1/s1. The molecule has 0 N–H and O–H groups in total. The zero-order valence-corrected chi connectivity index (χ0v) is 26.2. The molecule has 0 radical (unpaired) electrons. The first kappa shape index (κ1) is 31.5. The average molecular weight is 633 g/mol. The highest BCUT2D eigenvalue weighted by molar-refractivity contribution is 7.07. The van der Waals surface area contributed by atoms with Gasteiger partial charge in [-0.15, -0.1) is 0 Å². The van der Waals surface area contributed by atoms with E-state index < -0.39 is 12.0 Å². The van der Waals surface area contributed by atoms with Gasteiger partial charge in [-0.05, 0) is 79.9 Å². The van der Waals surface area contributed by atoms with Crippen molar-refractivity contribution in [1.29, 1.82) is 0 Å². The number of benzene rings is 3. The molecule has 3 aromatic carbocycles. The predicted molar refractivity (Wildman–Crippen MR) is 168 cm³/mol. The highest BCUT2D eigenvalue weighted by Crippen LogP contribution is 2.35. The van der Waals surface area contributed by atoms with Crippen molar-refractivity contribution in [2.75, 3.05) is 26.9 Å². The lowest BCUT2D eigenvalue weighted by Gasteiger charge is -2.23. The first-order valence-corrected chi connectivity index (χ1v) is 15.3. The van der Waals surface area contributed by atoms with Crippen LogP contribution in [-0.4, -0.2) is 37.5 Å². The summed E-state index contributed by atoms with van der Waals surface area (Å²) in [6, 6.07) is 16.1. The summed E-state index contributed by atoms with van der Waals surface area (Å²) in [6.07, 6.45) is 3.19. The quantitative estimate of drug-likeness (QED) is 0.204. The van der Waals surface area contributed by atoms with E-state index in [1.54, 1.807) is 54.6 Å². The Balaban J connectivity index is 1.54. The van der Waals surface area contributed by atoms with E-state index in [9.17, 15) is 14.0 Å². The molecule has 9 nitrogen and oxygen atoms in total. The lowest BCUT2D eigenvalue weighted by Crippen LogP contribution is -2.39. The van der Waals surface area contributed by atoms with Gasteiger partial charge < -0.3 is 23.7 Å². The van der Waals surface area contributed by atoms with Crippen molar-refractivity contribution in [1.82, 2.24) is 4.57 Å². The normalized spacial score (nSPS) is 14.2. The van der Waals surface area contributed by atoms with Crippen LogP contribution >= 0.6 is 11.3 Å². The molecule has 2 heterocycles. The number of ether oxygens (including phenoxy) is 5. The number of nitrogens with zero attached hydrogens (tertiary/aromatic N) is 2. The minimum atomic E-state index is -0.802. The summed E-state index contributed by atoms with van der Waals surface area (Å²) >= 11 is 1.20. The molecule has 4 aromatic rings. The summed E-state index contributed by atoms with van der Waals surface area (Å²) in [5.41, 5.74) is 1.91. The fraction of sp³-hybridized carbons (Fsp3) is 0.265. The summed E-state index contributed by atoms with van der Waals surface area (Å²) in [4.78, 5) is 31.7. The Hall–Kier alpha value is -4.90. The van der Waals surface area contributed by atoms with Crippen LogP contribution in [-0.2, 0) is 16.1 Å². The van der Waals surface area contributed by atoms with Gasteiger partial charge in [0.15, 0.2) is 27.8 Å². The van der Waals surface area contributed by atoms with Crippen molar-refractivity contribution < 1.29 is 32.9 Å². The van der Waals surface area contributed by atoms with Gasteiger partial charge in [0.1, 0.15) is 12.4 Å². The number of hydrogen-bond acceptors (Lipinski definition) is 9. The fourth-order valence-electron chi connectivity index (χ4n) is 4.93. The maximum absolute atomic E-state index is 14.0. The Morgan fingerprint density at radius 3 is 2.31 bits per heavy atom. The number of methoxy groups -OCH3 is 1. The molecule has 0 saturated carbocycles. The molecule has 234 valence electrons. The van der Waals surface area contributed by atoms with Crippen LogP contribution in [0.4, 0.5) is 4.39 Å². The minimum Gasteiger partial charge on any atom is -0.490 e. The third-order valence-corrected chi connectivity index (χ3v) is 7.85. The molecule has 1 aromatic heterocycles. The number of hydrogen-bond donors (Lipinski definition) is 0. The maximum Gasteiger partial charge on any atom is 0.337 e. The number of esters is 1. The summed E-state index contributed by atoms with van der Waals surface area (Å²) < 4.78 is 43.9. The van der Waals surface area contributed by atoms with Crippen LogP contribution in [0.15, 0.2) is 82.2 Å². The van der Waals surface area contributed by atoms with Crippen LogP contribution < -0.4 is 33.8 Å². The molecule has 1 atom stereocenters. The molecule has 0 saturated heterocycles. The second kappa shape index (κ2) is 14.3. The molecule has 45 heavy (non-hydrogen) atoms. The van der Waals surface area contributed by atoms with Gasteiger partial charge >= 0.3 is 5.97 Å². The van der Waals surface area contributed by atoms with Gasteiger partial charge in [0.2, 0.25) is 0 Å². The molecule has 0 bridgehead atoms. The monoisotopic (exact) mass is 632 g/mol. The van der Waals surface area contributed by atoms with E-state index in [1.165, 1.54) is 41.3 Å². The van der Waals surface area contributed by atoms with E-state index in [0.29, 0.717) is 68.8 Å². The van der Waals surface area contributed by atoms with Crippen LogP contribution in [0.5, 0.6) is 23.0 Å². The van der Waals surface area contributed by atoms with E-state index in [1.807, 2.05) is 20.8 Å². The molecule has 0 unspecified atom stereocenters. The highest BCUT2D eigenvalue weighted by atomic mass is 32.1. The summed E-state index contributed by atoms with van der Waals surface area (Å²) in [6.45, 7) is 7.02. The van der Waals surface area contributed by atoms with Gasteiger partial charge in [0.05, 0.1) is 43.1 Å². The van der Waals surface area contributed by atoms with Gasteiger partial charge in [-0.3, -0.25) is 9.36 Å². The number of fused-ring (bicyclic) bond motifs is 1. The summed E-state index contributed by atoms with van der Waals surface area (Å²) in [7, 11) is 1.29. The Bertz CT molecular complexity index is 1910. The van der Waals surface area contributed by atoms with E-state index in [4.69, 9.17) is 23.7 Å². The zero-order chi connectivity index (χ0) is 31.9. The first-order valence-electron chi connectivity index (χ1n) is 14.5. The third kappa shape index (κ3) is 6.93. The van der Waals surface area contributed by atoms with Gasteiger partial charge in [0.25, 0.3) is 5.56 Å². The highest BCUT2D eigenvalue weighted by Gasteiger charge is 2.31. The largest absolute Gasteiger partial charge is 0.490 e. The Labute approximate surface area is 263 Å². The third-order valence-electron chi connectivity index (χ3n) is 6.86. The average Bonchev–Trinajstić information content (AvgIpc) is 3.35. The fourth-order valence-corrected chi connectivity index (χ4v) is 5.90.